The summed E-state index contributed by atoms with van der Waals surface area (Å²) in [4.78, 5) is 0. The Labute approximate surface area is 121 Å². The molecule has 2 rings (SSSR count). The zero-order chi connectivity index (χ0) is 13.8. The van der Waals surface area contributed by atoms with E-state index < -0.39 is 0 Å². The van der Waals surface area contributed by atoms with E-state index >= 15 is 0 Å². The molecule has 0 heterocycles. The van der Waals surface area contributed by atoms with E-state index in [1.807, 2.05) is 0 Å². The van der Waals surface area contributed by atoms with Crippen LogP contribution in [0.5, 0.6) is 0 Å². The van der Waals surface area contributed by atoms with Crippen LogP contribution in [0, 0.1) is 35.5 Å². The Morgan fingerprint density at radius 3 is 2.47 bits per heavy atom. The Hall–Kier alpha value is 0. The second kappa shape index (κ2) is 7.14. The summed E-state index contributed by atoms with van der Waals surface area (Å²) in [5.74, 6) is 6.25. The van der Waals surface area contributed by atoms with Gasteiger partial charge in [-0.1, -0.05) is 66.2 Å². The Morgan fingerprint density at radius 2 is 1.79 bits per heavy atom. The number of hydrogen-bond donors (Lipinski definition) is 0. The van der Waals surface area contributed by atoms with E-state index in [0.717, 1.165) is 35.5 Å². The van der Waals surface area contributed by atoms with Crippen LogP contribution in [0.2, 0.25) is 0 Å². The summed E-state index contributed by atoms with van der Waals surface area (Å²) in [6.07, 6.45) is 13.4. The molecule has 0 radical (unpaired) electrons. The molecule has 0 aromatic heterocycles. The lowest BCUT2D eigenvalue weighted by Gasteiger charge is -2.49. The molecule has 0 amide bonds. The molecule has 0 aromatic carbocycles. The first-order chi connectivity index (χ1) is 9.17. The SMILES string of the molecule is CCCCC(CC)C1C(C)CCC2CC(C)CCC21. The lowest BCUT2D eigenvalue weighted by atomic mass is 9.56. The molecule has 0 aliphatic heterocycles. The quantitative estimate of drug-likeness (QED) is 0.546. The molecule has 0 bridgehead atoms. The van der Waals surface area contributed by atoms with E-state index in [4.69, 9.17) is 0 Å². The largest absolute Gasteiger partial charge is 0.0654 e. The zero-order valence-electron chi connectivity index (χ0n) is 13.8. The molecule has 2 fully saturated rings. The van der Waals surface area contributed by atoms with Gasteiger partial charge < -0.3 is 0 Å². The summed E-state index contributed by atoms with van der Waals surface area (Å²) >= 11 is 0. The van der Waals surface area contributed by atoms with Gasteiger partial charge in [-0.05, 0) is 54.8 Å². The fraction of sp³-hybridized carbons (Fsp3) is 1.00. The summed E-state index contributed by atoms with van der Waals surface area (Å²) in [7, 11) is 0. The molecule has 0 N–H and O–H groups in total. The minimum Gasteiger partial charge on any atom is -0.0654 e. The highest BCUT2D eigenvalue weighted by Gasteiger charge is 2.42. The van der Waals surface area contributed by atoms with Crippen LogP contribution >= 0.6 is 0 Å². The lowest BCUT2D eigenvalue weighted by Crippen LogP contribution is -2.41. The Bertz CT molecular complexity index is 257. The molecule has 2 aliphatic carbocycles. The molecular formula is C19H36. The van der Waals surface area contributed by atoms with Crippen molar-refractivity contribution in [1.29, 1.82) is 0 Å². The average molecular weight is 264 g/mol. The van der Waals surface area contributed by atoms with Crippen molar-refractivity contribution in [2.45, 2.75) is 85.5 Å². The summed E-state index contributed by atoms with van der Waals surface area (Å²) in [6.45, 7) is 9.84. The number of hydrogen-bond acceptors (Lipinski definition) is 0. The summed E-state index contributed by atoms with van der Waals surface area (Å²) < 4.78 is 0. The van der Waals surface area contributed by atoms with E-state index in [0.29, 0.717) is 0 Å². The van der Waals surface area contributed by atoms with Gasteiger partial charge in [-0.25, -0.2) is 0 Å². The van der Waals surface area contributed by atoms with E-state index in [-0.39, 0.29) is 0 Å². The van der Waals surface area contributed by atoms with Crippen LogP contribution in [-0.4, -0.2) is 0 Å². The molecule has 6 unspecified atom stereocenters. The first kappa shape index (κ1) is 15.4. The first-order valence-electron chi connectivity index (χ1n) is 9.17. The van der Waals surface area contributed by atoms with Crippen molar-refractivity contribution in [3.63, 3.8) is 0 Å². The third-order valence-electron chi connectivity index (χ3n) is 6.44. The van der Waals surface area contributed by atoms with Gasteiger partial charge in [-0.15, -0.1) is 0 Å². The van der Waals surface area contributed by atoms with Crippen LogP contribution in [0.3, 0.4) is 0 Å². The Kier molecular flexibility index (Phi) is 5.78. The fourth-order valence-electron chi connectivity index (χ4n) is 5.40. The van der Waals surface area contributed by atoms with Gasteiger partial charge in [0, 0.05) is 0 Å². The van der Waals surface area contributed by atoms with Crippen LogP contribution in [-0.2, 0) is 0 Å². The molecule has 0 aromatic rings. The first-order valence-corrected chi connectivity index (χ1v) is 9.17. The molecule has 0 saturated heterocycles. The van der Waals surface area contributed by atoms with Crippen molar-refractivity contribution >= 4 is 0 Å². The molecule has 2 aliphatic rings. The predicted octanol–water partition coefficient (Wildman–Crippen LogP) is 6.30. The number of rotatable bonds is 5. The Balaban J connectivity index is 2.05. The molecular weight excluding hydrogens is 228 g/mol. The van der Waals surface area contributed by atoms with Crippen LogP contribution in [0.4, 0.5) is 0 Å². The van der Waals surface area contributed by atoms with Crippen molar-refractivity contribution in [3.05, 3.63) is 0 Å². The van der Waals surface area contributed by atoms with E-state index in [1.165, 1.54) is 51.4 Å². The van der Waals surface area contributed by atoms with Crippen molar-refractivity contribution in [1.82, 2.24) is 0 Å². The van der Waals surface area contributed by atoms with Gasteiger partial charge in [0.05, 0.1) is 0 Å². The molecule has 0 heteroatoms. The van der Waals surface area contributed by atoms with Gasteiger partial charge in [0.15, 0.2) is 0 Å². The zero-order valence-corrected chi connectivity index (χ0v) is 13.8. The third-order valence-corrected chi connectivity index (χ3v) is 6.44. The van der Waals surface area contributed by atoms with Crippen LogP contribution < -0.4 is 0 Å². The smallest absolute Gasteiger partial charge is 0.0329 e. The van der Waals surface area contributed by atoms with Crippen molar-refractivity contribution in [2.24, 2.45) is 35.5 Å². The summed E-state index contributed by atoms with van der Waals surface area (Å²) in [5.41, 5.74) is 0. The van der Waals surface area contributed by atoms with Crippen molar-refractivity contribution in [3.8, 4) is 0 Å². The fourth-order valence-corrected chi connectivity index (χ4v) is 5.40. The minimum atomic E-state index is 0.997. The maximum absolute atomic E-state index is 2.56. The number of unbranched alkanes of at least 4 members (excludes halogenated alkanes) is 1. The van der Waals surface area contributed by atoms with Gasteiger partial charge in [0.25, 0.3) is 0 Å². The molecule has 0 spiro atoms. The normalized spacial score (nSPS) is 40.7. The second-order valence-electron chi connectivity index (χ2n) is 7.78. The molecule has 112 valence electrons. The van der Waals surface area contributed by atoms with E-state index in [2.05, 4.69) is 27.7 Å². The molecule has 6 atom stereocenters. The molecule has 2 saturated carbocycles. The van der Waals surface area contributed by atoms with Gasteiger partial charge in [-0.2, -0.15) is 0 Å². The average Bonchev–Trinajstić information content (AvgIpc) is 2.41. The number of fused-ring (bicyclic) bond motifs is 1. The minimum absolute atomic E-state index is 0.997. The van der Waals surface area contributed by atoms with Crippen molar-refractivity contribution in [2.75, 3.05) is 0 Å². The maximum Gasteiger partial charge on any atom is -0.0329 e. The van der Waals surface area contributed by atoms with Gasteiger partial charge in [-0.3, -0.25) is 0 Å². The predicted molar refractivity (Wildman–Crippen MR) is 85.2 cm³/mol. The van der Waals surface area contributed by atoms with Crippen LogP contribution in [0.15, 0.2) is 0 Å². The van der Waals surface area contributed by atoms with E-state index in [1.54, 1.807) is 6.42 Å². The maximum atomic E-state index is 2.56. The standard InChI is InChI=1S/C19H36/c1-5-7-8-16(6-2)19-15(4)10-11-17-13-14(3)9-12-18(17)19/h14-19H,5-13H2,1-4H3. The summed E-state index contributed by atoms with van der Waals surface area (Å²) in [5, 5.41) is 0. The van der Waals surface area contributed by atoms with Gasteiger partial charge >= 0.3 is 0 Å². The van der Waals surface area contributed by atoms with Crippen molar-refractivity contribution < 1.29 is 0 Å². The highest BCUT2D eigenvalue weighted by Crippen LogP contribution is 2.51. The molecule has 19 heavy (non-hydrogen) atoms. The third kappa shape index (κ3) is 3.56. The van der Waals surface area contributed by atoms with Gasteiger partial charge in [0.1, 0.15) is 0 Å². The highest BCUT2D eigenvalue weighted by atomic mass is 14.5. The van der Waals surface area contributed by atoms with Gasteiger partial charge in [0.2, 0.25) is 0 Å². The van der Waals surface area contributed by atoms with Crippen LogP contribution in [0.1, 0.15) is 85.5 Å². The lowest BCUT2D eigenvalue weighted by molar-refractivity contribution is 0.00558. The molecule has 0 nitrogen and oxygen atoms in total. The Morgan fingerprint density at radius 1 is 1.00 bits per heavy atom. The van der Waals surface area contributed by atoms with E-state index in [9.17, 15) is 0 Å². The van der Waals surface area contributed by atoms with Crippen LogP contribution in [0.25, 0.3) is 0 Å². The summed E-state index contributed by atoms with van der Waals surface area (Å²) in [6, 6.07) is 0. The second-order valence-corrected chi connectivity index (χ2v) is 7.78. The monoisotopic (exact) mass is 264 g/mol. The topological polar surface area (TPSA) is 0 Å². The highest BCUT2D eigenvalue weighted by molar-refractivity contribution is 4.92.